The predicted molar refractivity (Wildman–Crippen MR) is 87.2 cm³/mol. The van der Waals surface area contributed by atoms with Crippen LogP contribution in [0.3, 0.4) is 0 Å². The highest BCUT2D eigenvalue weighted by atomic mass is 16.5. The Morgan fingerprint density at radius 3 is 2.83 bits per heavy atom. The van der Waals surface area contributed by atoms with Crippen LogP contribution in [0.15, 0.2) is 36.7 Å². The van der Waals surface area contributed by atoms with Crippen molar-refractivity contribution >= 4 is 11.9 Å². The molecule has 1 aromatic heterocycles. The third kappa shape index (κ3) is 3.41. The van der Waals surface area contributed by atoms with Gasteiger partial charge in [0.2, 0.25) is 11.9 Å². The molecule has 1 N–H and O–H groups in total. The minimum Gasteiger partial charge on any atom is -0.492 e. The lowest BCUT2D eigenvalue weighted by Crippen LogP contribution is -2.38. The first kappa shape index (κ1) is 15.3. The molecule has 23 heavy (non-hydrogen) atoms. The van der Waals surface area contributed by atoms with Crippen molar-refractivity contribution in [3.63, 3.8) is 0 Å². The van der Waals surface area contributed by atoms with Gasteiger partial charge >= 0.3 is 0 Å². The van der Waals surface area contributed by atoms with Gasteiger partial charge in [-0.3, -0.25) is 4.79 Å². The van der Waals surface area contributed by atoms with Crippen molar-refractivity contribution in [1.82, 2.24) is 14.9 Å². The number of hydrogen-bond acceptors (Lipinski definition) is 5. The van der Waals surface area contributed by atoms with Crippen LogP contribution in [0.2, 0.25) is 0 Å². The Bertz CT molecular complexity index is 687. The second kappa shape index (κ2) is 6.64. The Morgan fingerprint density at radius 1 is 1.35 bits per heavy atom. The third-order valence-electron chi connectivity index (χ3n) is 3.95. The summed E-state index contributed by atoms with van der Waals surface area (Å²) in [5.41, 5.74) is 1.99. The van der Waals surface area contributed by atoms with E-state index in [0.717, 1.165) is 16.9 Å². The summed E-state index contributed by atoms with van der Waals surface area (Å²) in [6.45, 7) is 0.913. The van der Waals surface area contributed by atoms with Gasteiger partial charge in [-0.25, -0.2) is 9.97 Å². The van der Waals surface area contributed by atoms with Crippen LogP contribution in [-0.4, -0.2) is 41.5 Å². The van der Waals surface area contributed by atoms with Gasteiger partial charge in [-0.2, -0.15) is 0 Å². The number of fused-ring (bicyclic) bond motifs is 1. The molecule has 6 nitrogen and oxygen atoms in total. The summed E-state index contributed by atoms with van der Waals surface area (Å²) in [6, 6.07) is 7.88. The number of anilines is 1. The molecule has 2 heterocycles. The molecule has 120 valence electrons. The number of benzene rings is 1. The fourth-order valence-corrected chi connectivity index (χ4v) is 2.72. The van der Waals surface area contributed by atoms with E-state index in [2.05, 4.69) is 15.3 Å². The summed E-state index contributed by atoms with van der Waals surface area (Å²) in [6.07, 6.45) is 4.18. The second-order valence-corrected chi connectivity index (χ2v) is 5.68. The maximum atomic E-state index is 12.6. The number of ether oxygens (including phenoxy) is 1. The van der Waals surface area contributed by atoms with Crippen molar-refractivity contribution in [3.8, 4) is 5.75 Å². The van der Waals surface area contributed by atoms with Gasteiger partial charge in [0.15, 0.2) is 0 Å². The van der Waals surface area contributed by atoms with Gasteiger partial charge in [-0.1, -0.05) is 18.2 Å². The summed E-state index contributed by atoms with van der Waals surface area (Å²) in [4.78, 5) is 22.7. The molecule has 1 aliphatic heterocycles. The molecular weight excluding hydrogens is 292 g/mol. The zero-order valence-electron chi connectivity index (χ0n) is 13.3. The molecule has 1 amide bonds. The largest absolute Gasteiger partial charge is 0.492 e. The molecule has 1 aromatic carbocycles. The first-order valence-electron chi connectivity index (χ1n) is 7.61. The third-order valence-corrected chi connectivity index (χ3v) is 3.95. The van der Waals surface area contributed by atoms with E-state index in [4.69, 9.17) is 4.74 Å². The first-order chi connectivity index (χ1) is 11.2. The van der Waals surface area contributed by atoms with Crippen LogP contribution in [0.5, 0.6) is 5.75 Å². The maximum Gasteiger partial charge on any atom is 0.229 e. The first-order valence-corrected chi connectivity index (χ1v) is 7.61. The number of hydrogen-bond donors (Lipinski definition) is 1. The summed E-state index contributed by atoms with van der Waals surface area (Å²) >= 11 is 0. The van der Waals surface area contributed by atoms with Crippen molar-refractivity contribution in [1.29, 1.82) is 0 Å². The molecule has 2 aromatic rings. The Labute approximate surface area is 135 Å². The number of amides is 1. The lowest BCUT2D eigenvalue weighted by atomic mass is 9.95. The zero-order chi connectivity index (χ0) is 16.2. The molecule has 0 radical (unpaired) electrons. The summed E-state index contributed by atoms with van der Waals surface area (Å²) in [7, 11) is 3.57. The Balaban J connectivity index is 1.63. The van der Waals surface area contributed by atoms with Crippen molar-refractivity contribution in [2.45, 2.75) is 13.0 Å². The Hall–Kier alpha value is -2.63. The number of nitrogens with one attached hydrogen (secondary N) is 1. The van der Waals surface area contributed by atoms with Crippen LogP contribution in [0.1, 0.15) is 11.1 Å². The molecule has 0 fully saturated rings. The Kier molecular flexibility index (Phi) is 4.41. The molecule has 0 unspecified atom stereocenters. The van der Waals surface area contributed by atoms with Gasteiger partial charge in [-0.15, -0.1) is 0 Å². The van der Waals surface area contributed by atoms with Crippen LogP contribution in [0.4, 0.5) is 5.95 Å². The highest BCUT2D eigenvalue weighted by Gasteiger charge is 2.28. The quantitative estimate of drug-likeness (QED) is 0.931. The highest BCUT2D eigenvalue weighted by molar-refractivity contribution is 5.79. The topological polar surface area (TPSA) is 67.4 Å². The smallest absolute Gasteiger partial charge is 0.229 e. The summed E-state index contributed by atoms with van der Waals surface area (Å²) < 4.78 is 5.71. The molecular formula is C17H20N4O2. The number of carbonyl (C=O) groups excluding carboxylic acids is 1. The van der Waals surface area contributed by atoms with Gasteiger partial charge in [0.1, 0.15) is 12.4 Å². The van der Waals surface area contributed by atoms with Crippen LogP contribution in [0, 0.1) is 5.92 Å². The normalized spacial score (nSPS) is 16.2. The van der Waals surface area contributed by atoms with Gasteiger partial charge in [-0.05, 0) is 18.1 Å². The average molecular weight is 312 g/mol. The van der Waals surface area contributed by atoms with E-state index >= 15 is 0 Å². The molecule has 0 bridgehead atoms. The van der Waals surface area contributed by atoms with Crippen LogP contribution in [0.25, 0.3) is 0 Å². The molecule has 1 atom stereocenters. The van der Waals surface area contributed by atoms with E-state index < -0.39 is 0 Å². The van der Waals surface area contributed by atoms with Crippen LogP contribution >= 0.6 is 0 Å². The van der Waals surface area contributed by atoms with E-state index in [1.165, 1.54) is 0 Å². The van der Waals surface area contributed by atoms with Gasteiger partial charge in [0, 0.05) is 38.6 Å². The lowest BCUT2D eigenvalue weighted by Gasteiger charge is -2.28. The SMILES string of the molecule is CNc1ncc(CN(C)C(=O)[C@H]2COc3ccccc3C2)cn1. The number of carbonyl (C=O) groups is 1. The van der Waals surface area contributed by atoms with Gasteiger partial charge in [0.25, 0.3) is 0 Å². The monoisotopic (exact) mass is 312 g/mol. The number of rotatable bonds is 4. The minimum atomic E-state index is -0.146. The highest BCUT2D eigenvalue weighted by Crippen LogP contribution is 2.27. The number of para-hydroxylation sites is 1. The van der Waals surface area contributed by atoms with Crippen molar-refractivity contribution in [3.05, 3.63) is 47.8 Å². The van der Waals surface area contributed by atoms with E-state index in [1.54, 1.807) is 31.4 Å². The summed E-state index contributed by atoms with van der Waals surface area (Å²) in [5, 5.41) is 2.87. The predicted octanol–water partition coefficient (Wildman–Crippen LogP) is 1.73. The summed E-state index contributed by atoms with van der Waals surface area (Å²) in [5.74, 6) is 1.39. The fourth-order valence-electron chi connectivity index (χ4n) is 2.72. The number of nitrogens with zero attached hydrogens (tertiary/aromatic N) is 3. The van der Waals surface area contributed by atoms with Gasteiger partial charge in [0.05, 0.1) is 5.92 Å². The molecule has 0 saturated carbocycles. The fraction of sp³-hybridized carbons (Fsp3) is 0.353. The number of aromatic nitrogens is 2. The maximum absolute atomic E-state index is 12.6. The molecule has 6 heteroatoms. The van der Waals surface area contributed by atoms with E-state index in [1.807, 2.05) is 24.3 Å². The second-order valence-electron chi connectivity index (χ2n) is 5.68. The zero-order valence-corrected chi connectivity index (χ0v) is 13.3. The van der Waals surface area contributed by atoms with Crippen LogP contribution in [-0.2, 0) is 17.8 Å². The van der Waals surface area contributed by atoms with E-state index in [9.17, 15) is 4.79 Å². The molecule has 1 aliphatic rings. The van der Waals surface area contributed by atoms with Crippen LogP contribution < -0.4 is 10.1 Å². The lowest BCUT2D eigenvalue weighted by molar-refractivity contribution is -0.136. The van der Waals surface area contributed by atoms with Crippen molar-refractivity contribution in [2.24, 2.45) is 5.92 Å². The van der Waals surface area contributed by atoms with E-state index in [0.29, 0.717) is 25.5 Å². The molecule has 0 aliphatic carbocycles. The van der Waals surface area contributed by atoms with Crippen molar-refractivity contribution < 1.29 is 9.53 Å². The molecule has 3 rings (SSSR count). The minimum absolute atomic E-state index is 0.0807. The Morgan fingerprint density at radius 2 is 2.09 bits per heavy atom. The average Bonchev–Trinajstić information content (AvgIpc) is 2.61. The van der Waals surface area contributed by atoms with E-state index in [-0.39, 0.29) is 11.8 Å². The molecule has 0 saturated heterocycles. The standard InChI is InChI=1S/C17H20N4O2/c1-18-17-19-8-12(9-20-17)10-21(2)16(22)14-7-13-5-3-4-6-15(13)23-11-14/h3-6,8-9,14H,7,10-11H2,1-2H3,(H,18,19,20)/t14-/m1/s1. The van der Waals surface area contributed by atoms with Gasteiger partial charge < -0.3 is 15.0 Å². The van der Waals surface area contributed by atoms with Crippen molar-refractivity contribution in [2.75, 3.05) is 26.0 Å². The molecule has 0 spiro atoms.